The minimum absolute atomic E-state index is 0.0556. The number of amides is 1. The number of nitrogens with zero attached hydrogens (tertiary/aromatic N) is 1. The van der Waals surface area contributed by atoms with Gasteiger partial charge in [-0.3, -0.25) is 14.9 Å². The molecule has 0 spiro atoms. The molecule has 2 aromatic rings. The van der Waals surface area contributed by atoms with Gasteiger partial charge in [-0.25, -0.2) is 4.98 Å². The largest absolute Gasteiger partial charge is 0.298 e. The molecule has 21 heavy (non-hydrogen) atoms. The summed E-state index contributed by atoms with van der Waals surface area (Å²) in [6.07, 6.45) is 3.06. The van der Waals surface area contributed by atoms with E-state index < -0.39 is 0 Å². The van der Waals surface area contributed by atoms with E-state index in [0.717, 1.165) is 5.56 Å². The number of aryl methyl sites for hydroxylation is 1. The average Bonchev–Trinajstić information content (AvgIpc) is 2.77. The number of thiazole rings is 1. The molecule has 0 aliphatic rings. The first-order valence-electron chi connectivity index (χ1n) is 6.18. The van der Waals surface area contributed by atoms with Gasteiger partial charge in [0.2, 0.25) is 5.91 Å². The average molecular weight is 321 g/mol. The van der Waals surface area contributed by atoms with E-state index in [-0.39, 0.29) is 11.7 Å². The van der Waals surface area contributed by atoms with Gasteiger partial charge in [-0.05, 0) is 30.7 Å². The zero-order valence-corrected chi connectivity index (χ0v) is 13.1. The SMILES string of the molecule is CC(=O)c1sc(NC(=O)C=Cc2cccc(Cl)c2)nc1C. The molecule has 0 saturated carbocycles. The topological polar surface area (TPSA) is 59.1 Å². The zero-order valence-electron chi connectivity index (χ0n) is 11.5. The number of rotatable bonds is 4. The first-order chi connectivity index (χ1) is 9.95. The molecule has 0 radical (unpaired) electrons. The van der Waals surface area contributed by atoms with Gasteiger partial charge in [0.05, 0.1) is 10.6 Å². The first-order valence-corrected chi connectivity index (χ1v) is 7.38. The summed E-state index contributed by atoms with van der Waals surface area (Å²) >= 11 is 7.04. The number of hydrogen-bond donors (Lipinski definition) is 1. The lowest BCUT2D eigenvalue weighted by molar-refractivity contribution is -0.111. The maximum atomic E-state index is 11.8. The molecule has 1 aromatic heterocycles. The molecule has 1 aromatic carbocycles. The van der Waals surface area contributed by atoms with Gasteiger partial charge in [0.15, 0.2) is 10.9 Å². The van der Waals surface area contributed by atoms with E-state index in [1.165, 1.54) is 24.3 Å². The Labute approximate surface area is 131 Å². The number of benzene rings is 1. The van der Waals surface area contributed by atoms with Gasteiger partial charge in [-0.2, -0.15) is 0 Å². The van der Waals surface area contributed by atoms with Crippen LogP contribution in [0.4, 0.5) is 5.13 Å². The van der Waals surface area contributed by atoms with Gasteiger partial charge in [0.1, 0.15) is 0 Å². The zero-order chi connectivity index (χ0) is 15.4. The van der Waals surface area contributed by atoms with Crippen molar-refractivity contribution in [1.82, 2.24) is 4.98 Å². The Morgan fingerprint density at radius 3 is 2.76 bits per heavy atom. The lowest BCUT2D eigenvalue weighted by Gasteiger charge is -1.96. The van der Waals surface area contributed by atoms with Crippen LogP contribution in [0.25, 0.3) is 6.08 Å². The molecule has 1 N–H and O–H groups in total. The minimum atomic E-state index is -0.307. The summed E-state index contributed by atoms with van der Waals surface area (Å²) < 4.78 is 0. The van der Waals surface area contributed by atoms with Crippen LogP contribution in [0, 0.1) is 6.92 Å². The number of nitrogens with one attached hydrogen (secondary N) is 1. The summed E-state index contributed by atoms with van der Waals surface area (Å²) in [4.78, 5) is 27.9. The van der Waals surface area contributed by atoms with E-state index in [1.807, 2.05) is 12.1 Å². The molecule has 2 rings (SSSR count). The number of halogens is 1. The molecule has 0 bridgehead atoms. The van der Waals surface area contributed by atoms with Crippen LogP contribution in [0.2, 0.25) is 5.02 Å². The third-order valence-corrected chi connectivity index (χ3v) is 4.03. The maximum absolute atomic E-state index is 11.8. The molecule has 0 fully saturated rings. The molecule has 0 atom stereocenters. The quantitative estimate of drug-likeness (QED) is 0.685. The van der Waals surface area contributed by atoms with Crippen molar-refractivity contribution in [2.75, 3.05) is 5.32 Å². The van der Waals surface area contributed by atoms with E-state index in [4.69, 9.17) is 11.6 Å². The van der Waals surface area contributed by atoms with Crippen molar-refractivity contribution in [3.8, 4) is 0 Å². The van der Waals surface area contributed by atoms with Crippen LogP contribution >= 0.6 is 22.9 Å². The second-order valence-electron chi connectivity index (χ2n) is 4.37. The Morgan fingerprint density at radius 2 is 2.14 bits per heavy atom. The van der Waals surface area contributed by atoms with Crippen LogP contribution in [-0.4, -0.2) is 16.7 Å². The molecule has 0 aliphatic carbocycles. The number of carbonyl (C=O) groups excluding carboxylic acids is 2. The Kier molecular flexibility index (Phi) is 4.88. The predicted octanol–water partition coefficient (Wildman–Crippen LogP) is 3.96. The fourth-order valence-electron chi connectivity index (χ4n) is 1.71. The highest BCUT2D eigenvalue weighted by Crippen LogP contribution is 2.22. The van der Waals surface area contributed by atoms with E-state index in [9.17, 15) is 9.59 Å². The number of Topliss-reactive ketones (excluding diaryl/α,β-unsaturated/α-hetero) is 1. The molecule has 108 valence electrons. The molecular weight excluding hydrogens is 308 g/mol. The van der Waals surface area contributed by atoms with Gasteiger partial charge < -0.3 is 0 Å². The van der Waals surface area contributed by atoms with Crippen molar-refractivity contribution in [1.29, 1.82) is 0 Å². The van der Waals surface area contributed by atoms with Crippen LogP contribution in [0.15, 0.2) is 30.3 Å². The molecule has 4 nitrogen and oxygen atoms in total. The normalized spacial score (nSPS) is 10.8. The highest BCUT2D eigenvalue weighted by molar-refractivity contribution is 7.17. The number of hydrogen-bond acceptors (Lipinski definition) is 4. The van der Waals surface area contributed by atoms with Crippen molar-refractivity contribution < 1.29 is 9.59 Å². The van der Waals surface area contributed by atoms with Gasteiger partial charge in [-0.1, -0.05) is 35.1 Å². The minimum Gasteiger partial charge on any atom is -0.298 e. The first kappa shape index (κ1) is 15.4. The summed E-state index contributed by atoms with van der Waals surface area (Å²) in [5.74, 6) is -0.362. The summed E-state index contributed by atoms with van der Waals surface area (Å²) in [5.41, 5.74) is 1.46. The number of ketones is 1. The Morgan fingerprint density at radius 1 is 1.38 bits per heavy atom. The monoisotopic (exact) mass is 320 g/mol. The van der Waals surface area contributed by atoms with Crippen LogP contribution in [-0.2, 0) is 4.79 Å². The summed E-state index contributed by atoms with van der Waals surface area (Å²) in [6, 6.07) is 7.17. The van der Waals surface area contributed by atoms with Crippen LogP contribution in [0.5, 0.6) is 0 Å². The van der Waals surface area contributed by atoms with Gasteiger partial charge in [0, 0.05) is 18.0 Å². The lowest BCUT2D eigenvalue weighted by atomic mass is 10.2. The fraction of sp³-hybridized carbons (Fsp3) is 0.133. The third-order valence-electron chi connectivity index (χ3n) is 2.62. The van der Waals surface area contributed by atoms with Crippen molar-refractivity contribution in [3.63, 3.8) is 0 Å². The Hall–Kier alpha value is -1.98. The summed E-state index contributed by atoms with van der Waals surface area (Å²) in [6.45, 7) is 3.22. The van der Waals surface area contributed by atoms with Crippen molar-refractivity contribution in [2.24, 2.45) is 0 Å². The molecular formula is C15H13ClN2O2S. The van der Waals surface area contributed by atoms with Crippen molar-refractivity contribution in [3.05, 3.63) is 51.5 Å². The third kappa shape index (κ3) is 4.24. The van der Waals surface area contributed by atoms with Crippen LogP contribution in [0.3, 0.4) is 0 Å². The highest BCUT2D eigenvalue weighted by atomic mass is 35.5. The maximum Gasteiger partial charge on any atom is 0.250 e. The number of carbonyl (C=O) groups is 2. The van der Waals surface area contributed by atoms with E-state index in [0.29, 0.717) is 20.7 Å². The van der Waals surface area contributed by atoms with Gasteiger partial charge in [-0.15, -0.1) is 0 Å². The molecule has 6 heteroatoms. The lowest BCUT2D eigenvalue weighted by Crippen LogP contribution is -2.07. The number of anilines is 1. The van der Waals surface area contributed by atoms with Crippen LogP contribution < -0.4 is 5.32 Å². The van der Waals surface area contributed by atoms with E-state index in [1.54, 1.807) is 25.1 Å². The fourth-order valence-corrected chi connectivity index (χ4v) is 2.77. The molecule has 1 heterocycles. The number of aromatic nitrogens is 1. The highest BCUT2D eigenvalue weighted by Gasteiger charge is 2.12. The van der Waals surface area contributed by atoms with Crippen LogP contribution in [0.1, 0.15) is 27.9 Å². The van der Waals surface area contributed by atoms with Crippen molar-refractivity contribution >= 4 is 45.8 Å². The van der Waals surface area contributed by atoms with E-state index in [2.05, 4.69) is 10.3 Å². The second-order valence-corrected chi connectivity index (χ2v) is 5.80. The predicted molar refractivity (Wildman–Crippen MR) is 86.0 cm³/mol. The molecule has 0 aliphatic heterocycles. The molecule has 0 saturated heterocycles. The summed E-state index contributed by atoms with van der Waals surface area (Å²) in [5, 5.41) is 3.66. The molecule has 1 amide bonds. The molecule has 0 unspecified atom stereocenters. The van der Waals surface area contributed by atoms with Gasteiger partial charge in [0.25, 0.3) is 0 Å². The summed E-state index contributed by atoms with van der Waals surface area (Å²) in [7, 11) is 0. The Balaban J connectivity index is 2.05. The van der Waals surface area contributed by atoms with E-state index >= 15 is 0 Å². The second kappa shape index (κ2) is 6.65. The van der Waals surface area contributed by atoms with Crippen molar-refractivity contribution in [2.45, 2.75) is 13.8 Å². The van der Waals surface area contributed by atoms with Gasteiger partial charge >= 0.3 is 0 Å². The standard InChI is InChI=1S/C15H13ClN2O2S/c1-9-14(10(2)19)21-15(17-9)18-13(20)7-6-11-4-3-5-12(16)8-11/h3-8H,1-2H3,(H,17,18,20). The Bertz CT molecular complexity index is 722. The smallest absolute Gasteiger partial charge is 0.250 e.